The van der Waals surface area contributed by atoms with Crippen molar-refractivity contribution in [3.8, 4) is 11.5 Å². The van der Waals surface area contributed by atoms with Crippen LogP contribution in [0.15, 0.2) is 53.7 Å². The summed E-state index contributed by atoms with van der Waals surface area (Å²) >= 11 is 0. The van der Waals surface area contributed by atoms with Gasteiger partial charge in [0.05, 0.1) is 50.0 Å². The van der Waals surface area contributed by atoms with E-state index in [1.54, 1.807) is 39.7 Å². The minimum atomic E-state index is -3.56. The van der Waals surface area contributed by atoms with Crippen LogP contribution in [0.5, 0.6) is 11.5 Å². The lowest BCUT2D eigenvalue weighted by molar-refractivity contribution is 0.308. The van der Waals surface area contributed by atoms with E-state index in [4.69, 9.17) is 18.6 Å². The molecule has 9 heteroatoms. The van der Waals surface area contributed by atoms with Crippen molar-refractivity contribution in [2.24, 2.45) is 4.99 Å². The Hall–Kier alpha value is -3.30. The molecule has 0 aliphatic heterocycles. The molecule has 3 rings (SSSR count). The second-order valence-electron chi connectivity index (χ2n) is 7.65. The summed E-state index contributed by atoms with van der Waals surface area (Å²) in [5.41, 5.74) is 4.92. The molecule has 3 aromatic rings. The van der Waals surface area contributed by atoms with E-state index in [2.05, 4.69) is 9.98 Å². The van der Waals surface area contributed by atoms with Gasteiger partial charge in [0.25, 0.3) is 10.1 Å². The van der Waals surface area contributed by atoms with Crippen molar-refractivity contribution in [2.45, 2.75) is 33.1 Å². The molecule has 1 unspecified atom stereocenters. The Labute approximate surface area is 214 Å². The number of hydrogen-bond donors (Lipinski definition) is 0. The van der Waals surface area contributed by atoms with Crippen LogP contribution in [-0.4, -0.2) is 58.7 Å². The third-order valence-electron chi connectivity index (χ3n) is 5.32. The SMILES string of the molecule is C/C=C(\C=NC)c1cnc2ccc(C(CCOS(C)(=O)=O)c3cc(OC)cc(OC)c3)cc2n1.CC. The van der Waals surface area contributed by atoms with Gasteiger partial charge in [-0.05, 0) is 48.7 Å². The molecular weight excluding hydrogens is 478 g/mol. The topological polar surface area (TPSA) is 100.0 Å². The third kappa shape index (κ3) is 7.86. The number of rotatable bonds is 10. The first kappa shape index (κ1) is 28.9. The lowest BCUT2D eigenvalue weighted by Gasteiger charge is -2.20. The molecule has 1 aromatic heterocycles. The number of hydrogen-bond acceptors (Lipinski definition) is 8. The minimum Gasteiger partial charge on any atom is -0.497 e. The summed E-state index contributed by atoms with van der Waals surface area (Å²) in [5, 5.41) is 0. The summed E-state index contributed by atoms with van der Waals surface area (Å²) in [5.74, 6) is 1.09. The molecule has 0 amide bonds. The molecule has 0 saturated carbocycles. The van der Waals surface area contributed by atoms with Crippen LogP contribution in [0.25, 0.3) is 16.6 Å². The molecular formula is C27H35N3O5S. The fourth-order valence-electron chi connectivity index (χ4n) is 3.69. The van der Waals surface area contributed by atoms with Crippen LogP contribution in [0.3, 0.4) is 0 Å². The number of aliphatic imine (C=N–C) groups is 1. The van der Waals surface area contributed by atoms with Gasteiger partial charge in [-0.1, -0.05) is 26.0 Å². The van der Waals surface area contributed by atoms with Gasteiger partial charge in [-0.3, -0.25) is 14.2 Å². The summed E-state index contributed by atoms with van der Waals surface area (Å²) < 4.78 is 39.0. The normalized spacial score (nSPS) is 12.8. The van der Waals surface area contributed by atoms with Crippen molar-refractivity contribution in [1.82, 2.24) is 9.97 Å². The lowest BCUT2D eigenvalue weighted by Crippen LogP contribution is -2.10. The first-order valence-corrected chi connectivity index (χ1v) is 13.5. The fourth-order valence-corrected chi connectivity index (χ4v) is 4.08. The largest absolute Gasteiger partial charge is 0.497 e. The minimum absolute atomic E-state index is 0.0302. The summed E-state index contributed by atoms with van der Waals surface area (Å²) in [7, 11) is 1.33. The van der Waals surface area contributed by atoms with E-state index in [1.165, 1.54) is 0 Å². The highest BCUT2D eigenvalue weighted by molar-refractivity contribution is 7.85. The van der Waals surface area contributed by atoms with Gasteiger partial charge in [0, 0.05) is 30.8 Å². The van der Waals surface area contributed by atoms with Crippen LogP contribution in [0.4, 0.5) is 0 Å². The number of benzene rings is 2. The molecule has 1 heterocycles. The van der Waals surface area contributed by atoms with Crippen molar-refractivity contribution < 1.29 is 22.1 Å². The smallest absolute Gasteiger partial charge is 0.264 e. The maximum Gasteiger partial charge on any atom is 0.264 e. The van der Waals surface area contributed by atoms with E-state index < -0.39 is 10.1 Å². The Morgan fingerprint density at radius 1 is 1.03 bits per heavy atom. The number of ether oxygens (including phenoxy) is 2. The Bertz CT molecular complexity index is 1300. The van der Waals surface area contributed by atoms with Gasteiger partial charge in [0.15, 0.2) is 0 Å². The highest BCUT2D eigenvalue weighted by atomic mass is 32.2. The molecule has 0 fully saturated rings. The molecule has 0 bridgehead atoms. The van der Waals surface area contributed by atoms with Crippen molar-refractivity contribution in [3.63, 3.8) is 0 Å². The Morgan fingerprint density at radius 3 is 2.25 bits per heavy atom. The van der Waals surface area contributed by atoms with E-state index >= 15 is 0 Å². The first-order chi connectivity index (χ1) is 17.3. The van der Waals surface area contributed by atoms with Gasteiger partial charge >= 0.3 is 0 Å². The fraction of sp³-hybridized carbons (Fsp3) is 0.370. The Kier molecular flexibility index (Phi) is 11.0. The zero-order valence-electron chi connectivity index (χ0n) is 22.0. The van der Waals surface area contributed by atoms with Crippen LogP contribution in [-0.2, 0) is 14.3 Å². The molecule has 8 nitrogen and oxygen atoms in total. The number of fused-ring (bicyclic) bond motifs is 1. The quantitative estimate of drug-likeness (QED) is 0.269. The van der Waals surface area contributed by atoms with Gasteiger partial charge in [0.1, 0.15) is 11.5 Å². The second-order valence-corrected chi connectivity index (χ2v) is 9.29. The molecule has 36 heavy (non-hydrogen) atoms. The molecule has 1 atom stereocenters. The molecule has 0 spiro atoms. The highest BCUT2D eigenvalue weighted by Gasteiger charge is 2.19. The van der Waals surface area contributed by atoms with E-state index in [0.29, 0.717) is 17.9 Å². The third-order valence-corrected chi connectivity index (χ3v) is 5.92. The summed E-state index contributed by atoms with van der Waals surface area (Å²) in [6, 6.07) is 11.5. The van der Waals surface area contributed by atoms with Crippen LogP contribution < -0.4 is 9.47 Å². The van der Waals surface area contributed by atoms with E-state index in [1.807, 2.05) is 57.2 Å². The predicted molar refractivity (Wildman–Crippen MR) is 146 cm³/mol. The highest BCUT2D eigenvalue weighted by Crippen LogP contribution is 2.35. The monoisotopic (exact) mass is 513 g/mol. The van der Waals surface area contributed by atoms with Crippen molar-refractivity contribution in [3.05, 3.63) is 65.5 Å². The Balaban J connectivity index is 0.00000222. The molecule has 2 aromatic carbocycles. The molecule has 0 aliphatic carbocycles. The van der Waals surface area contributed by atoms with Crippen LogP contribution in [0.2, 0.25) is 0 Å². The summed E-state index contributed by atoms with van der Waals surface area (Å²) in [6.07, 6.45) is 6.87. The van der Waals surface area contributed by atoms with E-state index in [-0.39, 0.29) is 12.5 Å². The van der Waals surface area contributed by atoms with Crippen LogP contribution in [0.1, 0.15) is 49.9 Å². The van der Waals surface area contributed by atoms with Crippen molar-refractivity contribution in [2.75, 3.05) is 34.1 Å². The average molecular weight is 514 g/mol. The number of methoxy groups -OCH3 is 2. The van der Waals surface area contributed by atoms with Crippen molar-refractivity contribution >= 4 is 32.9 Å². The van der Waals surface area contributed by atoms with Gasteiger partial charge in [-0.2, -0.15) is 8.42 Å². The summed E-state index contributed by atoms with van der Waals surface area (Å²) in [6.45, 7) is 5.95. The van der Waals surface area contributed by atoms with Gasteiger partial charge in [0.2, 0.25) is 0 Å². The maximum absolute atomic E-state index is 11.5. The Morgan fingerprint density at radius 2 is 1.69 bits per heavy atom. The number of nitrogens with zero attached hydrogens (tertiary/aromatic N) is 3. The number of aromatic nitrogens is 2. The molecule has 194 valence electrons. The van der Waals surface area contributed by atoms with E-state index in [9.17, 15) is 8.42 Å². The number of allylic oxidation sites excluding steroid dienone is 2. The van der Waals surface area contributed by atoms with E-state index in [0.717, 1.165) is 39.7 Å². The maximum atomic E-state index is 11.5. The zero-order valence-corrected chi connectivity index (χ0v) is 22.8. The second kappa shape index (κ2) is 13.7. The molecule has 0 radical (unpaired) electrons. The van der Waals surface area contributed by atoms with Crippen molar-refractivity contribution in [1.29, 1.82) is 0 Å². The predicted octanol–water partition coefficient (Wildman–Crippen LogP) is 5.28. The standard InChI is InChI=1S/C25H29N3O5S.C2H6/c1-6-17(15-26-2)25-16-27-23-8-7-18(13-24(23)28-25)22(9-10-33-34(5,29)30)19-11-20(31-3)14-21(12-19)32-4;1-2/h6-8,11-16,22H,9-10H2,1-5H3;1-2H3/b17-6+,26-15?;. The average Bonchev–Trinajstić information content (AvgIpc) is 2.89. The van der Waals surface area contributed by atoms with Gasteiger partial charge in [-0.25, -0.2) is 4.98 Å². The van der Waals surface area contributed by atoms with Crippen LogP contribution >= 0.6 is 0 Å². The summed E-state index contributed by atoms with van der Waals surface area (Å²) in [4.78, 5) is 13.4. The van der Waals surface area contributed by atoms with Crippen LogP contribution in [0, 0.1) is 0 Å². The van der Waals surface area contributed by atoms with Gasteiger partial charge in [-0.15, -0.1) is 0 Å². The molecule has 0 saturated heterocycles. The first-order valence-electron chi connectivity index (χ1n) is 11.7. The lowest BCUT2D eigenvalue weighted by atomic mass is 9.88. The van der Waals surface area contributed by atoms with Gasteiger partial charge < -0.3 is 9.47 Å². The zero-order chi connectivity index (χ0) is 26.7. The molecule has 0 aliphatic rings. The molecule has 0 N–H and O–H groups in total.